The Morgan fingerprint density at radius 1 is 1.29 bits per heavy atom. The molecule has 0 aliphatic rings. The van der Waals surface area contributed by atoms with Crippen molar-refractivity contribution in [3.8, 4) is 0 Å². The Labute approximate surface area is 103 Å². The van der Waals surface area contributed by atoms with E-state index in [9.17, 15) is 4.79 Å². The average Bonchev–Trinajstić information content (AvgIpc) is 2.29. The number of nitrogens with two attached hydrogens (primary N) is 1. The summed E-state index contributed by atoms with van der Waals surface area (Å²) in [6, 6.07) is 7.47. The Kier molecular flexibility index (Phi) is 5.16. The van der Waals surface area contributed by atoms with Crippen LogP contribution >= 0.6 is 0 Å². The first-order valence-corrected chi connectivity index (χ1v) is 6.10. The molecule has 1 aromatic carbocycles. The van der Waals surface area contributed by atoms with Gasteiger partial charge in [0.2, 0.25) is 5.91 Å². The van der Waals surface area contributed by atoms with Crippen LogP contribution in [0.4, 0.5) is 0 Å². The minimum absolute atomic E-state index is 0.362. The zero-order valence-electron chi connectivity index (χ0n) is 10.9. The highest BCUT2D eigenvalue weighted by atomic mass is 16.1. The van der Waals surface area contributed by atoms with Gasteiger partial charge in [0, 0.05) is 12.1 Å². The molecule has 1 aromatic rings. The van der Waals surface area contributed by atoms with E-state index >= 15 is 0 Å². The fourth-order valence-corrected chi connectivity index (χ4v) is 1.59. The summed E-state index contributed by atoms with van der Waals surface area (Å²) in [6.45, 7) is 8.28. The van der Waals surface area contributed by atoms with Gasteiger partial charge in [0.15, 0.2) is 0 Å². The molecule has 1 unspecified atom stereocenters. The molecule has 0 heterocycles. The van der Waals surface area contributed by atoms with E-state index in [0.29, 0.717) is 23.9 Å². The van der Waals surface area contributed by atoms with Gasteiger partial charge in [0.1, 0.15) is 0 Å². The van der Waals surface area contributed by atoms with Crippen molar-refractivity contribution in [2.24, 2.45) is 17.6 Å². The van der Waals surface area contributed by atoms with Crippen LogP contribution < -0.4 is 11.1 Å². The highest BCUT2D eigenvalue weighted by Crippen LogP contribution is 2.10. The molecule has 0 fully saturated rings. The second-order valence-corrected chi connectivity index (χ2v) is 4.87. The second kappa shape index (κ2) is 6.40. The number of rotatable bonds is 6. The Hall–Kier alpha value is -1.35. The van der Waals surface area contributed by atoms with Crippen molar-refractivity contribution >= 4 is 5.91 Å². The molecule has 0 saturated heterocycles. The van der Waals surface area contributed by atoms with Crippen LogP contribution in [0.25, 0.3) is 0 Å². The van der Waals surface area contributed by atoms with Gasteiger partial charge in [0.25, 0.3) is 0 Å². The van der Waals surface area contributed by atoms with Crippen LogP contribution in [0.1, 0.15) is 36.7 Å². The number of amides is 1. The SMILES string of the molecule is CC(C)C(C)CNCc1ccccc1C(N)=O. The molecule has 0 radical (unpaired) electrons. The molecule has 1 atom stereocenters. The van der Waals surface area contributed by atoms with Crippen LogP contribution in [-0.2, 0) is 6.54 Å². The van der Waals surface area contributed by atoms with Crippen molar-refractivity contribution < 1.29 is 4.79 Å². The third-order valence-corrected chi connectivity index (χ3v) is 3.20. The van der Waals surface area contributed by atoms with Gasteiger partial charge in [-0.3, -0.25) is 4.79 Å². The largest absolute Gasteiger partial charge is 0.366 e. The maximum absolute atomic E-state index is 11.2. The molecule has 0 aliphatic heterocycles. The summed E-state index contributed by atoms with van der Waals surface area (Å²) in [6.07, 6.45) is 0. The summed E-state index contributed by atoms with van der Waals surface area (Å²) in [5.41, 5.74) is 6.90. The van der Waals surface area contributed by atoms with Crippen molar-refractivity contribution in [1.82, 2.24) is 5.32 Å². The zero-order valence-corrected chi connectivity index (χ0v) is 10.9. The maximum atomic E-state index is 11.2. The summed E-state index contributed by atoms with van der Waals surface area (Å²) >= 11 is 0. The summed E-state index contributed by atoms with van der Waals surface area (Å²) in [5.74, 6) is 0.920. The molecule has 3 heteroatoms. The summed E-state index contributed by atoms with van der Waals surface area (Å²) < 4.78 is 0. The first kappa shape index (κ1) is 13.7. The monoisotopic (exact) mass is 234 g/mol. The average molecular weight is 234 g/mol. The minimum atomic E-state index is -0.362. The second-order valence-electron chi connectivity index (χ2n) is 4.87. The molecule has 17 heavy (non-hydrogen) atoms. The van der Waals surface area contributed by atoms with Crippen LogP contribution in [-0.4, -0.2) is 12.5 Å². The lowest BCUT2D eigenvalue weighted by atomic mass is 9.98. The third-order valence-electron chi connectivity index (χ3n) is 3.20. The number of hydrogen-bond donors (Lipinski definition) is 2. The van der Waals surface area contributed by atoms with Crippen LogP contribution in [0, 0.1) is 11.8 Å². The lowest BCUT2D eigenvalue weighted by Gasteiger charge is -2.16. The van der Waals surface area contributed by atoms with Gasteiger partial charge >= 0.3 is 0 Å². The zero-order chi connectivity index (χ0) is 12.8. The summed E-state index contributed by atoms with van der Waals surface area (Å²) in [7, 11) is 0. The smallest absolute Gasteiger partial charge is 0.249 e. The Balaban J connectivity index is 2.55. The first-order valence-electron chi connectivity index (χ1n) is 6.10. The Bertz CT molecular complexity index is 374. The Morgan fingerprint density at radius 2 is 1.94 bits per heavy atom. The third kappa shape index (κ3) is 4.19. The van der Waals surface area contributed by atoms with Gasteiger partial charge in [-0.05, 0) is 30.0 Å². The van der Waals surface area contributed by atoms with E-state index in [-0.39, 0.29) is 5.91 Å². The van der Waals surface area contributed by atoms with Gasteiger partial charge in [-0.1, -0.05) is 39.0 Å². The number of benzene rings is 1. The Morgan fingerprint density at radius 3 is 2.53 bits per heavy atom. The molecule has 3 N–H and O–H groups in total. The molecule has 3 nitrogen and oxygen atoms in total. The van der Waals surface area contributed by atoms with Crippen LogP contribution in [0.2, 0.25) is 0 Å². The van der Waals surface area contributed by atoms with Crippen molar-refractivity contribution in [2.75, 3.05) is 6.54 Å². The number of nitrogens with one attached hydrogen (secondary N) is 1. The van der Waals surface area contributed by atoms with Gasteiger partial charge < -0.3 is 11.1 Å². The normalized spacial score (nSPS) is 12.7. The number of carbonyl (C=O) groups excluding carboxylic acids is 1. The lowest BCUT2D eigenvalue weighted by Crippen LogP contribution is -2.25. The van der Waals surface area contributed by atoms with Gasteiger partial charge in [0.05, 0.1) is 0 Å². The standard InChI is InChI=1S/C14H22N2O/c1-10(2)11(3)8-16-9-12-6-4-5-7-13(12)14(15)17/h4-7,10-11,16H,8-9H2,1-3H3,(H2,15,17). The highest BCUT2D eigenvalue weighted by Gasteiger charge is 2.09. The molecule has 94 valence electrons. The number of hydrogen-bond acceptors (Lipinski definition) is 2. The molecule has 0 bridgehead atoms. The number of primary amides is 1. The topological polar surface area (TPSA) is 55.1 Å². The molecule has 1 amide bonds. The fourth-order valence-electron chi connectivity index (χ4n) is 1.59. The molecular formula is C14H22N2O. The predicted molar refractivity (Wildman–Crippen MR) is 70.7 cm³/mol. The van der Waals surface area contributed by atoms with E-state index in [1.165, 1.54) is 0 Å². The van der Waals surface area contributed by atoms with Gasteiger partial charge in [-0.25, -0.2) is 0 Å². The van der Waals surface area contributed by atoms with E-state index in [0.717, 1.165) is 12.1 Å². The van der Waals surface area contributed by atoms with Crippen LogP contribution in [0.5, 0.6) is 0 Å². The molecule has 0 saturated carbocycles. The molecule has 0 aliphatic carbocycles. The molecule has 0 spiro atoms. The van der Waals surface area contributed by atoms with Crippen molar-refractivity contribution in [1.29, 1.82) is 0 Å². The molecule has 1 rings (SSSR count). The summed E-state index contributed by atoms with van der Waals surface area (Å²) in [5, 5.41) is 3.37. The maximum Gasteiger partial charge on any atom is 0.249 e. The van der Waals surface area contributed by atoms with E-state index in [1.807, 2.05) is 18.2 Å². The quantitative estimate of drug-likeness (QED) is 0.792. The minimum Gasteiger partial charge on any atom is -0.366 e. The van der Waals surface area contributed by atoms with E-state index in [2.05, 4.69) is 26.1 Å². The lowest BCUT2D eigenvalue weighted by molar-refractivity contribution is 0.0999. The van der Waals surface area contributed by atoms with Crippen LogP contribution in [0.15, 0.2) is 24.3 Å². The van der Waals surface area contributed by atoms with Crippen molar-refractivity contribution in [3.05, 3.63) is 35.4 Å². The van der Waals surface area contributed by atoms with Crippen LogP contribution in [0.3, 0.4) is 0 Å². The van der Waals surface area contributed by atoms with Gasteiger partial charge in [-0.15, -0.1) is 0 Å². The van der Waals surface area contributed by atoms with Gasteiger partial charge in [-0.2, -0.15) is 0 Å². The highest BCUT2D eigenvalue weighted by molar-refractivity contribution is 5.94. The van der Waals surface area contributed by atoms with E-state index in [1.54, 1.807) is 6.07 Å². The van der Waals surface area contributed by atoms with E-state index < -0.39 is 0 Å². The first-order chi connectivity index (χ1) is 8.02. The van der Waals surface area contributed by atoms with Crippen molar-refractivity contribution in [2.45, 2.75) is 27.3 Å². The fraction of sp³-hybridized carbons (Fsp3) is 0.500. The molecular weight excluding hydrogens is 212 g/mol. The molecule has 0 aromatic heterocycles. The predicted octanol–water partition coefficient (Wildman–Crippen LogP) is 2.17. The van der Waals surface area contributed by atoms with E-state index in [4.69, 9.17) is 5.73 Å². The summed E-state index contributed by atoms with van der Waals surface area (Å²) in [4.78, 5) is 11.2. The number of carbonyl (C=O) groups is 1. The van der Waals surface area contributed by atoms with Crippen molar-refractivity contribution in [3.63, 3.8) is 0 Å².